The molecule has 0 fully saturated rings. The van der Waals surface area contributed by atoms with Gasteiger partial charge in [0.05, 0.1) is 0 Å². The highest BCUT2D eigenvalue weighted by atomic mass is 16.5. The summed E-state index contributed by atoms with van der Waals surface area (Å²) < 4.78 is 5.22. The van der Waals surface area contributed by atoms with Gasteiger partial charge in [-0.3, -0.25) is 0 Å². The molecule has 0 bridgehead atoms. The molecule has 0 aliphatic heterocycles. The summed E-state index contributed by atoms with van der Waals surface area (Å²) >= 11 is 0. The van der Waals surface area contributed by atoms with Gasteiger partial charge < -0.3 is 9.84 Å². The molecule has 1 atom stereocenters. The Hall–Kier alpha value is -0.900. The molecular weight excluding hydrogens is 202 g/mol. The Labute approximate surface area is 97.8 Å². The van der Waals surface area contributed by atoms with Crippen molar-refractivity contribution in [2.45, 2.75) is 53.0 Å². The Kier molecular flexibility index (Phi) is 4.47. The smallest absolute Gasteiger partial charge is 0.226 e. The van der Waals surface area contributed by atoms with E-state index in [-0.39, 0.29) is 5.41 Å². The average Bonchev–Trinajstić information content (AvgIpc) is 2.59. The number of aryl methyl sites for hydroxylation is 1. The Balaban J connectivity index is 2.45. The molecule has 0 amide bonds. The predicted molar refractivity (Wildman–Crippen MR) is 64.3 cm³/mol. The Morgan fingerprint density at radius 3 is 2.62 bits per heavy atom. The lowest BCUT2D eigenvalue weighted by molar-refractivity contribution is 0.349. The Bertz CT molecular complexity index is 314. The lowest BCUT2D eigenvalue weighted by atomic mass is 9.92. The number of nitrogens with zero attached hydrogens (tertiary/aromatic N) is 2. The van der Waals surface area contributed by atoms with E-state index < -0.39 is 0 Å². The minimum Gasteiger partial charge on any atom is -0.339 e. The minimum absolute atomic E-state index is 0.208. The molecule has 1 aromatic heterocycles. The van der Waals surface area contributed by atoms with Crippen LogP contribution in [0.5, 0.6) is 0 Å². The molecule has 1 aromatic rings. The predicted octanol–water partition coefficient (Wildman–Crippen LogP) is 2.20. The molecule has 0 radical (unpaired) electrons. The van der Waals surface area contributed by atoms with Crippen LogP contribution >= 0.6 is 0 Å². The summed E-state index contributed by atoms with van der Waals surface area (Å²) in [6.07, 6.45) is 2.73. The van der Waals surface area contributed by atoms with Crippen molar-refractivity contribution >= 4 is 0 Å². The van der Waals surface area contributed by atoms with E-state index in [2.05, 4.69) is 43.2 Å². The topological polar surface area (TPSA) is 51.0 Å². The normalized spacial score (nSPS) is 14.1. The Morgan fingerprint density at radius 2 is 2.06 bits per heavy atom. The van der Waals surface area contributed by atoms with Crippen LogP contribution in [0.1, 0.15) is 45.8 Å². The first kappa shape index (κ1) is 13.2. The van der Waals surface area contributed by atoms with Gasteiger partial charge in [0.2, 0.25) is 5.89 Å². The van der Waals surface area contributed by atoms with Crippen LogP contribution in [-0.4, -0.2) is 23.2 Å². The fraction of sp³-hybridized carbons (Fsp3) is 0.833. The van der Waals surface area contributed by atoms with Gasteiger partial charge in [0, 0.05) is 18.9 Å². The average molecular weight is 225 g/mol. The maximum absolute atomic E-state index is 5.22. The Morgan fingerprint density at radius 1 is 1.38 bits per heavy atom. The van der Waals surface area contributed by atoms with Crippen molar-refractivity contribution < 1.29 is 4.52 Å². The van der Waals surface area contributed by atoms with Crippen molar-refractivity contribution in [3.63, 3.8) is 0 Å². The standard InChI is InChI=1S/C12H23N3O/c1-9(13-5)6-7-11-14-10(15-16-11)8-12(2,3)4/h9,13H,6-8H2,1-5H3. The molecule has 1 heterocycles. The summed E-state index contributed by atoms with van der Waals surface area (Å²) in [6.45, 7) is 8.66. The largest absolute Gasteiger partial charge is 0.339 e. The van der Waals surface area contributed by atoms with Gasteiger partial charge in [-0.1, -0.05) is 25.9 Å². The van der Waals surface area contributed by atoms with Crippen molar-refractivity contribution in [1.29, 1.82) is 0 Å². The monoisotopic (exact) mass is 225 g/mol. The lowest BCUT2D eigenvalue weighted by Gasteiger charge is -2.14. The fourth-order valence-corrected chi connectivity index (χ4v) is 1.42. The first-order valence-corrected chi connectivity index (χ1v) is 5.89. The van der Waals surface area contributed by atoms with Crippen molar-refractivity contribution in [3.05, 3.63) is 11.7 Å². The maximum Gasteiger partial charge on any atom is 0.226 e. The van der Waals surface area contributed by atoms with E-state index in [1.165, 1.54) is 0 Å². The minimum atomic E-state index is 0.208. The van der Waals surface area contributed by atoms with E-state index >= 15 is 0 Å². The zero-order valence-corrected chi connectivity index (χ0v) is 11.0. The van der Waals surface area contributed by atoms with E-state index in [1.54, 1.807) is 0 Å². The number of hydrogen-bond acceptors (Lipinski definition) is 4. The molecule has 0 aromatic carbocycles. The highest BCUT2D eigenvalue weighted by molar-refractivity contribution is 4.90. The summed E-state index contributed by atoms with van der Waals surface area (Å²) in [5, 5.41) is 7.19. The fourth-order valence-electron chi connectivity index (χ4n) is 1.42. The van der Waals surface area contributed by atoms with Crippen molar-refractivity contribution in [2.24, 2.45) is 5.41 Å². The molecule has 0 aliphatic rings. The molecule has 0 saturated heterocycles. The zero-order valence-electron chi connectivity index (χ0n) is 11.0. The van der Waals surface area contributed by atoms with Gasteiger partial charge in [0.25, 0.3) is 0 Å². The van der Waals surface area contributed by atoms with Gasteiger partial charge in [-0.2, -0.15) is 4.98 Å². The SMILES string of the molecule is CNC(C)CCc1nc(CC(C)(C)C)no1. The third-order valence-electron chi connectivity index (χ3n) is 2.48. The van der Waals surface area contributed by atoms with Crippen LogP contribution in [0.25, 0.3) is 0 Å². The van der Waals surface area contributed by atoms with Crippen molar-refractivity contribution in [2.75, 3.05) is 7.05 Å². The summed E-state index contributed by atoms with van der Waals surface area (Å²) in [6, 6.07) is 0.484. The molecule has 0 spiro atoms. The molecule has 4 heteroatoms. The number of hydrogen-bond donors (Lipinski definition) is 1. The second-order valence-corrected chi connectivity index (χ2v) is 5.57. The van der Waals surface area contributed by atoms with Crippen LogP contribution in [0.2, 0.25) is 0 Å². The van der Waals surface area contributed by atoms with Crippen molar-refractivity contribution in [3.8, 4) is 0 Å². The van der Waals surface area contributed by atoms with Gasteiger partial charge in [-0.25, -0.2) is 0 Å². The number of aromatic nitrogens is 2. The van der Waals surface area contributed by atoms with Crippen LogP contribution in [0.3, 0.4) is 0 Å². The summed E-state index contributed by atoms with van der Waals surface area (Å²) in [5.74, 6) is 1.57. The van der Waals surface area contributed by atoms with Gasteiger partial charge in [-0.05, 0) is 25.8 Å². The van der Waals surface area contributed by atoms with Crippen LogP contribution in [-0.2, 0) is 12.8 Å². The van der Waals surface area contributed by atoms with Crippen LogP contribution < -0.4 is 5.32 Å². The molecule has 4 nitrogen and oxygen atoms in total. The van der Waals surface area contributed by atoms with Crippen molar-refractivity contribution in [1.82, 2.24) is 15.5 Å². The third kappa shape index (κ3) is 4.75. The molecule has 0 saturated carbocycles. The molecule has 1 unspecified atom stereocenters. The maximum atomic E-state index is 5.22. The zero-order chi connectivity index (χ0) is 12.2. The molecule has 92 valence electrons. The van der Waals surface area contributed by atoms with Gasteiger partial charge >= 0.3 is 0 Å². The molecular formula is C12H23N3O. The summed E-state index contributed by atoms with van der Waals surface area (Å²) in [5.41, 5.74) is 0.208. The first-order chi connectivity index (χ1) is 7.40. The van der Waals surface area contributed by atoms with E-state index in [0.29, 0.717) is 6.04 Å². The van der Waals surface area contributed by atoms with E-state index in [9.17, 15) is 0 Å². The lowest BCUT2D eigenvalue weighted by Crippen LogP contribution is -2.21. The summed E-state index contributed by atoms with van der Waals surface area (Å²) in [4.78, 5) is 4.40. The molecule has 1 N–H and O–H groups in total. The molecule has 16 heavy (non-hydrogen) atoms. The second kappa shape index (κ2) is 5.43. The van der Waals surface area contributed by atoms with Gasteiger partial charge in [0.1, 0.15) is 0 Å². The van der Waals surface area contributed by atoms with E-state index in [1.807, 2.05) is 7.05 Å². The molecule has 0 aliphatic carbocycles. The first-order valence-electron chi connectivity index (χ1n) is 5.89. The van der Waals surface area contributed by atoms with Gasteiger partial charge in [-0.15, -0.1) is 0 Å². The second-order valence-electron chi connectivity index (χ2n) is 5.57. The molecule has 1 rings (SSSR count). The highest BCUT2D eigenvalue weighted by Crippen LogP contribution is 2.18. The van der Waals surface area contributed by atoms with E-state index in [0.717, 1.165) is 31.0 Å². The summed E-state index contributed by atoms with van der Waals surface area (Å²) in [7, 11) is 1.96. The highest BCUT2D eigenvalue weighted by Gasteiger charge is 2.16. The van der Waals surface area contributed by atoms with Gasteiger partial charge in [0.15, 0.2) is 5.82 Å². The quantitative estimate of drug-likeness (QED) is 0.834. The van der Waals surface area contributed by atoms with Crippen LogP contribution in [0, 0.1) is 5.41 Å². The number of rotatable bonds is 5. The third-order valence-corrected chi connectivity index (χ3v) is 2.48. The number of nitrogens with one attached hydrogen (secondary N) is 1. The van der Waals surface area contributed by atoms with E-state index in [4.69, 9.17) is 4.52 Å². The van der Waals surface area contributed by atoms with Crippen LogP contribution in [0.4, 0.5) is 0 Å². The van der Waals surface area contributed by atoms with Crippen LogP contribution in [0.15, 0.2) is 4.52 Å².